The van der Waals surface area contributed by atoms with Crippen LogP contribution in [0.3, 0.4) is 0 Å². The summed E-state index contributed by atoms with van der Waals surface area (Å²) in [5, 5.41) is 0. The van der Waals surface area contributed by atoms with Gasteiger partial charge >= 0.3 is 11.9 Å². The molecule has 0 unspecified atom stereocenters. The number of benzene rings is 3. The van der Waals surface area contributed by atoms with Crippen LogP contribution >= 0.6 is 0 Å². The molecule has 0 heterocycles. The van der Waals surface area contributed by atoms with Gasteiger partial charge in [0.05, 0.1) is 25.4 Å². The van der Waals surface area contributed by atoms with Crippen molar-refractivity contribution in [3.05, 3.63) is 101 Å². The van der Waals surface area contributed by atoms with Crippen LogP contribution in [0.15, 0.2) is 78.4 Å². The molecule has 4 rings (SSSR count). The van der Waals surface area contributed by atoms with Gasteiger partial charge in [0.25, 0.3) is 0 Å². The minimum atomic E-state index is -0.393. The van der Waals surface area contributed by atoms with Crippen LogP contribution < -0.4 is 0 Å². The summed E-state index contributed by atoms with van der Waals surface area (Å²) in [5.41, 5.74) is 7.17. The number of esters is 2. The Balaban J connectivity index is 1.90. The van der Waals surface area contributed by atoms with Crippen LogP contribution in [0.2, 0.25) is 0 Å². The van der Waals surface area contributed by atoms with Gasteiger partial charge in [0, 0.05) is 5.92 Å². The van der Waals surface area contributed by atoms with E-state index in [1.807, 2.05) is 43.3 Å². The summed E-state index contributed by atoms with van der Waals surface area (Å²) in [5.74, 6) is -0.971. The lowest BCUT2D eigenvalue weighted by Gasteiger charge is -2.20. The van der Waals surface area contributed by atoms with E-state index in [0.29, 0.717) is 11.1 Å². The lowest BCUT2D eigenvalue weighted by Crippen LogP contribution is -2.15. The largest absolute Gasteiger partial charge is 0.466 e. The maximum Gasteiger partial charge on any atom is 0.337 e. The zero-order valence-electron chi connectivity index (χ0n) is 17.1. The van der Waals surface area contributed by atoms with E-state index in [4.69, 9.17) is 9.47 Å². The third-order valence-corrected chi connectivity index (χ3v) is 5.67. The van der Waals surface area contributed by atoms with Crippen molar-refractivity contribution in [3.63, 3.8) is 0 Å². The van der Waals surface area contributed by atoms with E-state index in [2.05, 4.69) is 24.3 Å². The van der Waals surface area contributed by atoms with Crippen LogP contribution in [0.25, 0.3) is 16.7 Å². The molecule has 0 bridgehead atoms. The predicted octanol–water partition coefficient (Wildman–Crippen LogP) is 5.23. The van der Waals surface area contributed by atoms with Crippen LogP contribution in [-0.2, 0) is 14.3 Å². The van der Waals surface area contributed by atoms with Gasteiger partial charge in [0.1, 0.15) is 0 Å². The lowest BCUT2D eigenvalue weighted by molar-refractivity contribution is -0.136. The molecule has 4 nitrogen and oxygen atoms in total. The number of allylic oxidation sites excluding steroid dienone is 1. The number of fused-ring (bicyclic) bond motifs is 3. The highest BCUT2D eigenvalue weighted by molar-refractivity contribution is 6.02. The molecule has 0 amide bonds. The summed E-state index contributed by atoms with van der Waals surface area (Å²) >= 11 is 0. The van der Waals surface area contributed by atoms with E-state index in [1.165, 1.54) is 14.2 Å². The van der Waals surface area contributed by atoms with Gasteiger partial charge in [-0.2, -0.15) is 0 Å². The SMILES string of the molecule is COC(=O)C(=C(C)c1ccc(C(=O)OC)cc1)C1c2ccccc2-c2ccccc21. The van der Waals surface area contributed by atoms with Crippen molar-refractivity contribution in [1.29, 1.82) is 0 Å². The van der Waals surface area contributed by atoms with Crippen molar-refractivity contribution in [2.45, 2.75) is 12.8 Å². The molecule has 0 fully saturated rings. The molecule has 4 heteroatoms. The quantitative estimate of drug-likeness (QED) is 0.446. The third kappa shape index (κ3) is 3.20. The number of carbonyl (C=O) groups excluding carboxylic acids is 2. The topological polar surface area (TPSA) is 52.6 Å². The fourth-order valence-corrected chi connectivity index (χ4v) is 4.19. The Morgan fingerprint density at radius 1 is 0.700 bits per heavy atom. The Morgan fingerprint density at radius 2 is 1.20 bits per heavy atom. The predicted molar refractivity (Wildman–Crippen MR) is 116 cm³/mol. The van der Waals surface area contributed by atoms with E-state index in [0.717, 1.165) is 33.4 Å². The first-order valence-electron chi connectivity index (χ1n) is 9.73. The molecule has 30 heavy (non-hydrogen) atoms. The van der Waals surface area contributed by atoms with Crippen LogP contribution in [0.1, 0.15) is 39.9 Å². The van der Waals surface area contributed by atoms with Gasteiger partial charge in [0.15, 0.2) is 0 Å². The van der Waals surface area contributed by atoms with Crippen molar-refractivity contribution < 1.29 is 19.1 Å². The van der Waals surface area contributed by atoms with E-state index in [-0.39, 0.29) is 11.9 Å². The smallest absolute Gasteiger partial charge is 0.337 e. The highest BCUT2D eigenvalue weighted by Gasteiger charge is 2.35. The average molecular weight is 398 g/mol. The van der Waals surface area contributed by atoms with Gasteiger partial charge < -0.3 is 9.47 Å². The molecule has 0 spiro atoms. The molecule has 1 aliphatic carbocycles. The average Bonchev–Trinajstić information content (AvgIpc) is 3.13. The molecule has 0 radical (unpaired) electrons. The fraction of sp³-hybridized carbons (Fsp3) is 0.154. The zero-order chi connectivity index (χ0) is 21.3. The molecule has 150 valence electrons. The number of ether oxygens (including phenoxy) is 2. The van der Waals surface area contributed by atoms with Gasteiger partial charge in [-0.25, -0.2) is 9.59 Å². The number of methoxy groups -OCH3 is 2. The summed E-state index contributed by atoms with van der Waals surface area (Å²) in [7, 11) is 2.76. The van der Waals surface area contributed by atoms with Crippen molar-refractivity contribution in [3.8, 4) is 11.1 Å². The third-order valence-electron chi connectivity index (χ3n) is 5.67. The second-order valence-corrected chi connectivity index (χ2v) is 7.21. The molecule has 0 saturated carbocycles. The molecule has 0 aliphatic heterocycles. The van der Waals surface area contributed by atoms with Crippen LogP contribution in [0, 0.1) is 0 Å². The highest BCUT2D eigenvalue weighted by Crippen LogP contribution is 2.49. The van der Waals surface area contributed by atoms with Gasteiger partial charge in [0.2, 0.25) is 0 Å². The summed E-state index contributed by atoms with van der Waals surface area (Å²) < 4.78 is 9.98. The summed E-state index contributed by atoms with van der Waals surface area (Å²) in [6.07, 6.45) is 0. The minimum Gasteiger partial charge on any atom is -0.466 e. The second kappa shape index (κ2) is 7.99. The zero-order valence-corrected chi connectivity index (χ0v) is 17.1. The first-order valence-corrected chi connectivity index (χ1v) is 9.73. The van der Waals surface area contributed by atoms with E-state index in [1.54, 1.807) is 12.1 Å². The molecule has 3 aromatic rings. The number of carbonyl (C=O) groups is 2. The normalized spacial score (nSPS) is 13.2. The fourth-order valence-electron chi connectivity index (χ4n) is 4.19. The number of rotatable bonds is 4. The molecule has 0 atom stereocenters. The molecule has 0 saturated heterocycles. The maximum atomic E-state index is 13.0. The Labute approximate surface area is 175 Å². The first-order chi connectivity index (χ1) is 14.6. The monoisotopic (exact) mass is 398 g/mol. The number of hydrogen-bond donors (Lipinski definition) is 0. The minimum absolute atomic E-state index is 0.217. The van der Waals surface area contributed by atoms with E-state index >= 15 is 0 Å². The molecular formula is C26H22O4. The van der Waals surface area contributed by atoms with Crippen LogP contribution in [-0.4, -0.2) is 26.2 Å². The van der Waals surface area contributed by atoms with Crippen LogP contribution in [0.4, 0.5) is 0 Å². The standard InChI is InChI=1S/C26H22O4/c1-16(17-12-14-18(15-13-17)25(27)29-2)23(26(28)30-3)24-21-10-6-4-8-19(21)20-9-5-7-11-22(20)24/h4-15,24H,1-3H3. The highest BCUT2D eigenvalue weighted by atomic mass is 16.5. The van der Waals surface area contributed by atoms with Crippen molar-refractivity contribution in [1.82, 2.24) is 0 Å². The summed E-state index contributed by atoms with van der Waals surface area (Å²) in [6, 6.07) is 23.4. The van der Waals surface area contributed by atoms with Crippen LogP contribution in [0.5, 0.6) is 0 Å². The van der Waals surface area contributed by atoms with Crippen molar-refractivity contribution in [2.75, 3.05) is 14.2 Å². The van der Waals surface area contributed by atoms with Gasteiger partial charge in [-0.05, 0) is 52.4 Å². The number of hydrogen-bond acceptors (Lipinski definition) is 4. The first kappa shape index (κ1) is 19.6. The molecule has 0 N–H and O–H groups in total. The Morgan fingerprint density at radius 3 is 1.70 bits per heavy atom. The molecule has 0 aromatic heterocycles. The van der Waals surface area contributed by atoms with Gasteiger partial charge in [-0.1, -0.05) is 60.7 Å². The Bertz CT molecular complexity index is 1110. The Hall–Kier alpha value is -3.66. The molecular weight excluding hydrogens is 376 g/mol. The maximum absolute atomic E-state index is 13.0. The lowest BCUT2D eigenvalue weighted by atomic mass is 9.84. The van der Waals surface area contributed by atoms with E-state index in [9.17, 15) is 9.59 Å². The van der Waals surface area contributed by atoms with Crippen molar-refractivity contribution >= 4 is 17.5 Å². The molecule has 3 aromatic carbocycles. The van der Waals surface area contributed by atoms with Gasteiger partial charge in [-0.3, -0.25) is 0 Å². The van der Waals surface area contributed by atoms with Gasteiger partial charge in [-0.15, -0.1) is 0 Å². The Kier molecular flexibility index (Phi) is 5.23. The van der Waals surface area contributed by atoms with E-state index < -0.39 is 5.97 Å². The summed E-state index contributed by atoms with van der Waals surface area (Å²) in [4.78, 5) is 24.8. The second-order valence-electron chi connectivity index (χ2n) is 7.21. The summed E-state index contributed by atoms with van der Waals surface area (Å²) in [6.45, 7) is 1.92. The molecule has 1 aliphatic rings. The van der Waals surface area contributed by atoms with Crippen molar-refractivity contribution in [2.24, 2.45) is 0 Å².